The molecule has 0 bridgehead atoms. The van der Waals surface area contributed by atoms with Gasteiger partial charge in [-0.1, -0.05) is 42.5 Å². The van der Waals surface area contributed by atoms with E-state index < -0.39 is 6.04 Å². The van der Waals surface area contributed by atoms with E-state index in [1.54, 1.807) is 30.5 Å². The number of aliphatic imine (C=N–C) groups is 1. The molecule has 8 nitrogen and oxygen atoms in total. The molecule has 138 valence electrons. The molecule has 2 aromatic carbocycles. The number of hydrazone groups is 1. The summed E-state index contributed by atoms with van der Waals surface area (Å²) in [6.07, 6.45) is 1.52. The Balaban J connectivity index is 1.56. The number of amides is 2. The maximum absolute atomic E-state index is 12.2. The summed E-state index contributed by atoms with van der Waals surface area (Å²) in [6.45, 7) is 0. The Morgan fingerprint density at radius 3 is 2.74 bits per heavy atom. The van der Waals surface area contributed by atoms with Crippen LogP contribution in [0.15, 0.2) is 64.7 Å². The average Bonchev–Trinajstić information content (AvgIpc) is 3.02. The molecule has 27 heavy (non-hydrogen) atoms. The maximum atomic E-state index is 12.2. The van der Waals surface area contributed by atoms with Gasteiger partial charge in [-0.3, -0.25) is 14.9 Å². The number of methoxy groups -OCH3 is 1. The van der Waals surface area contributed by atoms with E-state index >= 15 is 0 Å². The molecule has 0 aliphatic carbocycles. The van der Waals surface area contributed by atoms with Crippen LogP contribution in [0.25, 0.3) is 0 Å². The van der Waals surface area contributed by atoms with Crippen molar-refractivity contribution in [3.05, 3.63) is 60.2 Å². The van der Waals surface area contributed by atoms with Crippen LogP contribution in [0, 0.1) is 0 Å². The number of anilines is 1. The number of carbonyl (C=O) groups is 2. The Morgan fingerprint density at radius 1 is 1.22 bits per heavy atom. The summed E-state index contributed by atoms with van der Waals surface area (Å²) in [7, 11) is 1.52. The smallest absolute Gasteiger partial charge is 0.252 e. The predicted octanol–water partition coefficient (Wildman–Crippen LogP) is 1.50. The molecule has 2 amide bonds. The lowest BCUT2D eigenvalue weighted by atomic mass is 10.2. The standard InChI is InChI=1S/C19H19N5O3/c1-27-16-10-6-5-9-14(16)21-17(25)11-15-18(26)23-19(22-15)24-20-12-13-7-3-2-4-8-13/h2-10,12,15H,11H2,1H3,(H,21,25)(H2,22,23,24,26)/b20-12+/t15-/m0/s1. The first-order valence-corrected chi connectivity index (χ1v) is 8.31. The average molecular weight is 365 g/mol. The van der Waals surface area contributed by atoms with Crippen molar-refractivity contribution < 1.29 is 14.3 Å². The van der Waals surface area contributed by atoms with Crippen molar-refractivity contribution in [1.82, 2.24) is 10.7 Å². The Labute approximate surface area is 156 Å². The van der Waals surface area contributed by atoms with Crippen LogP contribution in [0.2, 0.25) is 0 Å². The molecule has 0 radical (unpaired) electrons. The number of benzene rings is 2. The summed E-state index contributed by atoms with van der Waals surface area (Å²) in [5.74, 6) is 0.0603. The summed E-state index contributed by atoms with van der Waals surface area (Å²) in [6, 6.07) is 15.7. The second-order valence-corrected chi connectivity index (χ2v) is 5.72. The first kappa shape index (κ1) is 18.1. The number of ether oxygens (including phenoxy) is 1. The molecule has 1 atom stereocenters. The fraction of sp³-hybridized carbons (Fsp3) is 0.158. The molecular formula is C19H19N5O3. The van der Waals surface area contributed by atoms with Crippen LogP contribution >= 0.6 is 0 Å². The van der Waals surface area contributed by atoms with Gasteiger partial charge in [0.15, 0.2) is 0 Å². The van der Waals surface area contributed by atoms with Crippen molar-refractivity contribution >= 4 is 29.7 Å². The molecule has 3 rings (SSSR count). The summed E-state index contributed by atoms with van der Waals surface area (Å²) < 4.78 is 5.19. The molecule has 0 spiro atoms. The number of nitrogens with one attached hydrogen (secondary N) is 3. The topological polar surface area (TPSA) is 104 Å². The number of nitrogens with zero attached hydrogens (tertiary/aromatic N) is 2. The Bertz CT molecular complexity index is 880. The van der Waals surface area contributed by atoms with Crippen molar-refractivity contribution in [2.75, 3.05) is 12.4 Å². The van der Waals surface area contributed by atoms with Crippen LogP contribution in [0.4, 0.5) is 5.69 Å². The lowest BCUT2D eigenvalue weighted by Gasteiger charge is -2.10. The molecule has 2 aromatic rings. The number of hydrogen-bond donors (Lipinski definition) is 3. The summed E-state index contributed by atoms with van der Waals surface area (Å²) >= 11 is 0. The van der Waals surface area contributed by atoms with Crippen LogP contribution in [0.3, 0.4) is 0 Å². The summed E-state index contributed by atoms with van der Waals surface area (Å²) in [5, 5.41) is 9.31. The van der Waals surface area contributed by atoms with Crippen LogP contribution in [-0.2, 0) is 9.59 Å². The normalized spacial score (nSPS) is 16.0. The summed E-state index contributed by atoms with van der Waals surface area (Å²) in [5.41, 5.74) is 4.11. The molecule has 0 unspecified atom stereocenters. The van der Waals surface area contributed by atoms with E-state index in [4.69, 9.17) is 4.74 Å². The number of guanidine groups is 1. The van der Waals surface area contributed by atoms with E-state index in [2.05, 4.69) is 26.2 Å². The van der Waals surface area contributed by atoms with E-state index in [1.807, 2.05) is 30.3 Å². The van der Waals surface area contributed by atoms with Gasteiger partial charge in [0.2, 0.25) is 11.9 Å². The molecule has 0 saturated heterocycles. The third-order valence-corrected chi connectivity index (χ3v) is 3.77. The van der Waals surface area contributed by atoms with Crippen LogP contribution in [0.5, 0.6) is 5.75 Å². The lowest BCUT2D eigenvalue weighted by molar-refractivity contribution is -0.123. The van der Waals surface area contributed by atoms with Crippen molar-refractivity contribution in [3.63, 3.8) is 0 Å². The van der Waals surface area contributed by atoms with Crippen LogP contribution in [-0.4, -0.2) is 37.1 Å². The SMILES string of the molecule is COc1ccccc1NC(=O)C[C@@H]1N=C(N/N=C/c2ccccc2)NC1=O. The van der Waals surface area contributed by atoms with E-state index in [0.717, 1.165) is 5.56 Å². The molecule has 1 aliphatic rings. The van der Waals surface area contributed by atoms with E-state index in [0.29, 0.717) is 11.4 Å². The molecule has 1 heterocycles. The van der Waals surface area contributed by atoms with E-state index in [9.17, 15) is 9.59 Å². The molecular weight excluding hydrogens is 346 g/mol. The second-order valence-electron chi connectivity index (χ2n) is 5.72. The number of carbonyl (C=O) groups excluding carboxylic acids is 2. The Morgan fingerprint density at radius 2 is 1.96 bits per heavy atom. The third-order valence-electron chi connectivity index (χ3n) is 3.77. The minimum absolute atomic E-state index is 0.0859. The minimum Gasteiger partial charge on any atom is -0.495 e. The van der Waals surface area contributed by atoms with Gasteiger partial charge in [-0.15, -0.1) is 0 Å². The first-order chi connectivity index (χ1) is 13.2. The Hall–Kier alpha value is -3.68. The fourth-order valence-corrected chi connectivity index (χ4v) is 2.47. The minimum atomic E-state index is -0.811. The highest BCUT2D eigenvalue weighted by atomic mass is 16.5. The quantitative estimate of drug-likeness (QED) is 0.533. The molecule has 0 saturated carbocycles. The second kappa shape index (κ2) is 8.61. The number of para-hydroxylation sites is 2. The highest BCUT2D eigenvalue weighted by Crippen LogP contribution is 2.23. The monoisotopic (exact) mass is 365 g/mol. The van der Waals surface area contributed by atoms with Gasteiger partial charge in [0, 0.05) is 0 Å². The third kappa shape index (κ3) is 4.91. The molecule has 0 aromatic heterocycles. The zero-order valence-electron chi connectivity index (χ0n) is 14.7. The van der Waals surface area contributed by atoms with Crippen LogP contribution < -0.4 is 20.8 Å². The fourth-order valence-electron chi connectivity index (χ4n) is 2.47. The van der Waals surface area contributed by atoms with Gasteiger partial charge in [-0.2, -0.15) is 5.10 Å². The molecule has 3 N–H and O–H groups in total. The van der Waals surface area contributed by atoms with Crippen molar-refractivity contribution in [3.8, 4) is 5.75 Å². The lowest BCUT2D eigenvalue weighted by Crippen LogP contribution is -2.35. The van der Waals surface area contributed by atoms with Gasteiger partial charge in [0.05, 0.1) is 25.4 Å². The van der Waals surface area contributed by atoms with E-state index in [-0.39, 0.29) is 24.2 Å². The first-order valence-electron chi connectivity index (χ1n) is 8.31. The van der Waals surface area contributed by atoms with Crippen LogP contribution in [0.1, 0.15) is 12.0 Å². The molecule has 0 fully saturated rings. The van der Waals surface area contributed by atoms with Crippen molar-refractivity contribution in [1.29, 1.82) is 0 Å². The summed E-state index contributed by atoms with van der Waals surface area (Å²) in [4.78, 5) is 28.4. The predicted molar refractivity (Wildman–Crippen MR) is 103 cm³/mol. The number of rotatable bonds is 6. The van der Waals surface area contributed by atoms with Gasteiger partial charge in [-0.05, 0) is 17.7 Å². The molecule has 8 heteroatoms. The zero-order chi connectivity index (χ0) is 19.1. The Kier molecular flexibility index (Phi) is 5.78. The van der Waals surface area contributed by atoms with E-state index in [1.165, 1.54) is 7.11 Å². The van der Waals surface area contributed by atoms with Gasteiger partial charge in [0.1, 0.15) is 11.8 Å². The van der Waals surface area contributed by atoms with Gasteiger partial charge in [0.25, 0.3) is 5.91 Å². The van der Waals surface area contributed by atoms with Crippen molar-refractivity contribution in [2.45, 2.75) is 12.5 Å². The van der Waals surface area contributed by atoms with Gasteiger partial charge in [-0.25, -0.2) is 10.4 Å². The zero-order valence-corrected chi connectivity index (χ0v) is 14.7. The number of hydrogen-bond acceptors (Lipinski definition) is 6. The van der Waals surface area contributed by atoms with Crippen molar-refractivity contribution in [2.24, 2.45) is 10.1 Å². The highest BCUT2D eigenvalue weighted by Gasteiger charge is 2.28. The maximum Gasteiger partial charge on any atom is 0.252 e. The van der Waals surface area contributed by atoms with Gasteiger partial charge < -0.3 is 10.1 Å². The highest BCUT2D eigenvalue weighted by molar-refractivity contribution is 6.07. The molecule has 1 aliphatic heterocycles. The largest absolute Gasteiger partial charge is 0.495 e. The van der Waals surface area contributed by atoms with Gasteiger partial charge >= 0.3 is 0 Å².